The molecule has 2 heteroatoms. The predicted molar refractivity (Wildman–Crippen MR) is 85.8 cm³/mol. The van der Waals surface area contributed by atoms with Gasteiger partial charge in [0, 0.05) is 0 Å². The second-order valence-corrected chi connectivity index (χ2v) is 8.05. The Balaban J connectivity index is 1.64. The molecule has 3 rings (SSSR count). The van der Waals surface area contributed by atoms with Crippen LogP contribution in [0.3, 0.4) is 0 Å². The monoisotopic (exact) mass is 401 g/mol. The van der Waals surface area contributed by atoms with E-state index < -0.39 is 0 Å². The van der Waals surface area contributed by atoms with Crippen molar-refractivity contribution >= 4 is 0 Å². The van der Waals surface area contributed by atoms with Crippen LogP contribution in [-0.2, 0) is 0 Å². The summed E-state index contributed by atoms with van der Waals surface area (Å²) in [6.07, 6.45) is 0.0656. The fourth-order valence-corrected chi connectivity index (χ4v) is 4.39. The van der Waals surface area contributed by atoms with Gasteiger partial charge in [0.1, 0.15) is 11.9 Å². The highest BCUT2D eigenvalue weighted by Crippen LogP contribution is 2.20. The van der Waals surface area contributed by atoms with Gasteiger partial charge in [-0.3, -0.25) is 0 Å². The van der Waals surface area contributed by atoms with Gasteiger partial charge in [-0.05, 0) is 48.9 Å². The lowest BCUT2D eigenvalue weighted by Gasteiger charge is -2.14. The maximum Gasteiger partial charge on any atom is 0.357 e. The lowest BCUT2D eigenvalue weighted by atomic mass is 10.1. The van der Waals surface area contributed by atoms with Crippen molar-refractivity contribution in [3.05, 3.63) is 97.6 Å². The van der Waals surface area contributed by atoms with Gasteiger partial charge < -0.3 is 4.74 Å². The number of benzene rings is 3. The van der Waals surface area contributed by atoms with Gasteiger partial charge in [0.05, 0.1) is 0 Å². The van der Waals surface area contributed by atoms with Crippen LogP contribution >= 0.6 is 0 Å². The van der Waals surface area contributed by atoms with E-state index in [1.807, 2.05) is 18.2 Å². The summed E-state index contributed by atoms with van der Waals surface area (Å²) in [5, 5.41) is 0. The van der Waals surface area contributed by atoms with Crippen LogP contribution in [0.2, 0.25) is 0 Å². The molecule has 0 fully saturated rings. The molecule has 1 nitrogen and oxygen atoms in total. The van der Waals surface area contributed by atoms with Gasteiger partial charge in [-0.1, -0.05) is 48.5 Å². The van der Waals surface area contributed by atoms with E-state index in [4.69, 9.17) is 4.74 Å². The molecular weight excluding hydrogens is 383 g/mol. The van der Waals surface area contributed by atoms with E-state index in [2.05, 4.69) is 73.7 Å². The molecule has 0 aliphatic rings. The van der Waals surface area contributed by atoms with Crippen molar-refractivity contribution in [2.24, 2.45) is 0 Å². The summed E-state index contributed by atoms with van der Waals surface area (Å²) in [7, 11) is 0. The SMILES string of the molecule is CC(Oc1ccc([I+]c2ccccc2)cc1)c1ccccc1. The van der Waals surface area contributed by atoms with Crippen molar-refractivity contribution < 1.29 is 25.9 Å². The average molecular weight is 401 g/mol. The van der Waals surface area contributed by atoms with Crippen LogP contribution in [0, 0.1) is 7.14 Å². The van der Waals surface area contributed by atoms with Crippen molar-refractivity contribution in [1.82, 2.24) is 0 Å². The molecule has 0 bridgehead atoms. The highest BCUT2D eigenvalue weighted by molar-refractivity contribution is 5.24. The molecular formula is C20H18IO+. The molecule has 0 radical (unpaired) electrons. The first kappa shape index (κ1) is 15.1. The molecule has 1 unspecified atom stereocenters. The molecule has 0 aliphatic carbocycles. The van der Waals surface area contributed by atoms with Crippen molar-refractivity contribution in [3.63, 3.8) is 0 Å². The third kappa shape index (κ3) is 4.10. The quantitative estimate of drug-likeness (QED) is 0.594. The first-order chi connectivity index (χ1) is 10.8. The van der Waals surface area contributed by atoms with E-state index in [-0.39, 0.29) is 27.3 Å². The maximum absolute atomic E-state index is 6.02. The van der Waals surface area contributed by atoms with Crippen LogP contribution in [0.1, 0.15) is 18.6 Å². The molecule has 0 N–H and O–H groups in total. The number of hydrogen-bond acceptors (Lipinski definition) is 1. The van der Waals surface area contributed by atoms with Gasteiger partial charge in [-0.2, -0.15) is 0 Å². The molecule has 22 heavy (non-hydrogen) atoms. The Labute approximate surface area is 142 Å². The summed E-state index contributed by atoms with van der Waals surface area (Å²) >= 11 is -0.105. The van der Waals surface area contributed by atoms with Crippen molar-refractivity contribution in [1.29, 1.82) is 0 Å². The van der Waals surface area contributed by atoms with E-state index in [1.54, 1.807) is 0 Å². The predicted octanol–water partition coefficient (Wildman–Crippen LogP) is 1.95. The zero-order valence-electron chi connectivity index (χ0n) is 12.4. The lowest BCUT2D eigenvalue weighted by Crippen LogP contribution is -3.61. The van der Waals surface area contributed by atoms with Gasteiger partial charge in [0.2, 0.25) is 0 Å². The minimum atomic E-state index is -0.105. The van der Waals surface area contributed by atoms with Crippen molar-refractivity contribution in [2.75, 3.05) is 0 Å². The number of halogens is 1. The van der Waals surface area contributed by atoms with Crippen LogP contribution in [-0.4, -0.2) is 0 Å². The normalized spacial score (nSPS) is 11.9. The van der Waals surface area contributed by atoms with E-state index in [0.29, 0.717) is 0 Å². The zero-order chi connectivity index (χ0) is 15.2. The van der Waals surface area contributed by atoms with Crippen LogP contribution in [0.15, 0.2) is 84.9 Å². The minimum Gasteiger partial charge on any atom is -0.486 e. The molecule has 0 aromatic heterocycles. The largest absolute Gasteiger partial charge is 0.486 e. The Morgan fingerprint density at radius 2 is 1.23 bits per heavy atom. The van der Waals surface area contributed by atoms with E-state index in [9.17, 15) is 0 Å². The van der Waals surface area contributed by atoms with Gasteiger partial charge in [-0.25, -0.2) is 0 Å². The van der Waals surface area contributed by atoms with E-state index in [0.717, 1.165) is 5.75 Å². The molecule has 3 aromatic rings. The summed E-state index contributed by atoms with van der Waals surface area (Å²) < 4.78 is 8.86. The second kappa shape index (κ2) is 7.45. The topological polar surface area (TPSA) is 9.23 Å². The van der Waals surface area contributed by atoms with Gasteiger partial charge in [0.15, 0.2) is 7.14 Å². The molecule has 0 saturated carbocycles. The summed E-state index contributed by atoms with van der Waals surface area (Å²) in [6.45, 7) is 2.08. The second-order valence-electron chi connectivity index (χ2n) is 5.01. The minimum absolute atomic E-state index is 0.0656. The number of rotatable bonds is 5. The standard InChI is InChI=1S/C20H18IO/c1-16(17-8-4-2-5-9-17)22-20-14-12-19(13-15-20)21-18-10-6-3-7-11-18/h2-16H,1H3/q+1. The van der Waals surface area contributed by atoms with Crippen LogP contribution in [0.25, 0.3) is 0 Å². The summed E-state index contributed by atoms with van der Waals surface area (Å²) in [5.41, 5.74) is 1.20. The Kier molecular flexibility index (Phi) is 5.11. The molecule has 0 amide bonds. The number of hydrogen-bond donors (Lipinski definition) is 0. The smallest absolute Gasteiger partial charge is 0.357 e. The number of ether oxygens (including phenoxy) is 1. The Hall–Kier alpha value is -1.81. The molecule has 0 spiro atoms. The highest BCUT2D eigenvalue weighted by Gasteiger charge is 2.15. The fourth-order valence-electron chi connectivity index (χ4n) is 2.18. The molecule has 1 atom stereocenters. The first-order valence-corrected chi connectivity index (χ1v) is 9.48. The highest BCUT2D eigenvalue weighted by atomic mass is 127. The molecule has 0 saturated heterocycles. The Morgan fingerprint density at radius 3 is 1.86 bits per heavy atom. The van der Waals surface area contributed by atoms with Crippen molar-refractivity contribution in [2.45, 2.75) is 13.0 Å². The zero-order valence-corrected chi connectivity index (χ0v) is 14.6. The maximum atomic E-state index is 6.02. The first-order valence-electron chi connectivity index (χ1n) is 7.33. The molecule has 3 aromatic carbocycles. The fraction of sp³-hybridized carbons (Fsp3) is 0.100. The summed E-state index contributed by atoms with van der Waals surface area (Å²) in [4.78, 5) is 0. The summed E-state index contributed by atoms with van der Waals surface area (Å²) in [6, 6.07) is 29.5. The van der Waals surface area contributed by atoms with Gasteiger partial charge in [0.25, 0.3) is 0 Å². The summed E-state index contributed by atoms with van der Waals surface area (Å²) in [5.74, 6) is 0.928. The van der Waals surface area contributed by atoms with Crippen molar-refractivity contribution in [3.8, 4) is 5.75 Å². The lowest BCUT2D eigenvalue weighted by molar-refractivity contribution is -0.597. The van der Waals surface area contributed by atoms with Gasteiger partial charge >= 0.3 is 21.2 Å². The van der Waals surface area contributed by atoms with Crippen LogP contribution in [0.5, 0.6) is 5.75 Å². The molecule has 0 aliphatic heterocycles. The Bertz CT molecular complexity index is 693. The Morgan fingerprint density at radius 1 is 0.682 bits per heavy atom. The van der Waals surface area contributed by atoms with E-state index >= 15 is 0 Å². The van der Waals surface area contributed by atoms with Gasteiger partial charge in [-0.15, -0.1) is 0 Å². The van der Waals surface area contributed by atoms with E-state index in [1.165, 1.54) is 12.7 Å². The average Bonchev–Trinajstić information content (AvgIpc) is 2.58. The van der Waals surface area contributed by atoms with Crippen LogP contribution in [0.4, 0.5) is 0 Å². The third-order valence-electron chi connectivity index (χ3n) is 3.35. The molecule has 0 heterocycles. The third-order valence-corrected chi connectivity index (χ3v) is 6.03. The molecule has 110 valence electrons. The van der Waals surface area contributed by atoms with Crippen LogP contribution < -0.4 is 25.9 Å².